The standard InChI is InChI=1S/C14H20N2/c1-11-10-13-7-4-6-12(14(13)15-11)8-5-9-16(2)3/h4,6-7,10,15H,5,8-9H2,1-3H3. The summed E-state index contributed by atoms with van der Waals surface area (Å²) in [5.41, 5.74) is 4.00. The van der Waals surface area contributed by atoms with Gasteiger partial charge in [-0.05, 0) is 57.4 Å². The van der Waals surface area contributed by atoms with Crippen LogP contribution < -0.4 is 0 Å². The molecule has 0 radical (unpaired) electrons. The number of aromatic amines is 1. The van der Waals surface area contributed by atoms with E-state index in [0.29, 0.717) is 0 Å². The molecule has 86 valence electrons. The quantitative estimate of drug-likeness (QED) is 0.832. The van der Waals surface area contributed by atoms with Gasteiger partial charge in [0.05, 0.1) is 0 Å². The Morgan fingerprint density at radius 2 is 2.06 bits per heavy atom. The number of fused-ring (bicyclic) bond motifs is 1. The summed E-state index contributed by atoms with van der Waals surface area (Å²) in [4.78, 5) is 5.69. The SMILES string of the molecule is Cc1cc2cccc(CCCN(C)C)c2[nH]1. The van der Waals surface area contributed by atoms with E-state index >= 15 is 0 Å². The lowest BCUT2D eigenvalue weighted by molar-refractivity contribution is 0.400. The van der Waals surface area contributed by atoms with Crippen LogP contribution in [0.3, 0.4) is 0 Å². The summed E-state index contributed by atoms with van der Waals surface area (Å²) in [7, 11) is 4.25. The summed E-state index contributed by atoms with van der Waals surface area (Å²) in [6, 6.07) is 8.77. The molecule has 0 aliphatic rings. The van der Waals surface area contributed by atoms with Gasteiger partial charge >= 0.3 is 0 Å². The number of rotatable bonds is 4. The van der Waals surface area contributed by atoms with Crippen molar-refractivity contribution in [2.24, 2.45) is 0 Å². The Bertz CT molecular complexity index is 469. The van der Waals surface area contributed by atoms with Crippen LogP contribution in [0.2, 0.25) is 0 Å². The number of nitrogens with one attached hydrogen (secondary N) is 1. The first-order chi connectivity index (χ1) is 7.66. The molecule has 1 N–H and O–H groups in total. The van der Waals surface area contributed by atoms with Crippen molar-refractivity contribution in [2.75, 3.05) is 20.6 Å². The van der Waals surface area contributed by atoms with Gasteiger partial charge in [-0.25, -0.2) is 0 Å². The van der Waals surface area contributed by atoms with E-state index in [0.717, 1.165) is 13.0 Å². The minimum atomic E-state index is 1.15. The highest BCUT2D eigenvalue weighted by atomic mass is 15.0. The largest absolute Gasteiger partial charge is 0.358 e. The van der Waals surface area contributed by atoms with Gasteiger partial charge in [-0.1, -0.05) is 18.2 Å². The predicted octanol–water partition coefficient (Wildman–Crippen LogP) is 2.97. The summed E-state index contributed by atoms with van der Waals surface area (Å²) in [5, 5.41) is 1.33. The van der Waals surface area contributed by atoms with Crippen LogP contribution in [-0.4, -0.2) is 30.5 Å². The van der Waals surface area contributed by atoms with Crippen LogP contribution in [0.1, 0.15) is 17.7 Å². The molecule has 0 aliphatic heterocycles. The van der Waals surface area contributed by atoms with Crippen molar-refractivity contribution in [1.82, 2.24) is 9.88 Å². The molecular formula is C14H20N2. The Balaban J connectivity index is 2.17. The number of aromatic nitrogens is 1. The molecule has 0 bridgehead atoms. The Labute approximate surface area is 97.3 Å². The Morgan fingerprint density at radius 3 is 2.81 bits per heavy atom. The molecule has 2 rings (SSSR count). The van der Waals surface area contributed by atoms with Gasteiger partial charge < -0.3 is 9.88 Å². The lowest BCUT2D eigenvalue weighted by Crippen LogP contribution is -2.13. The van der Waals surface area contributed by atoms with Gasteiger partial charge in [0.2, 0.25) is 0 Å². The molecule has 0 saturated carbocycles. The number of hydrogen-bond acceptors (Lipinski definition) is 1. The molecule has 1 heterocycles. The summed E-state index contributed by atoms with van der Waals surface area (Å²) in [5.74, 6) is 0. The summed E-state index contributed by atoms with van der Waals surface area (Å²) < 4.78 is 0. The molecule has 0 amide bonds. The van der Waals surface area contributed by atoms with E-state index in [1.54, 1.807) is 0 Å². The first kappa shape index (κ1) is 11.2. The highest BCUT2D eigenvalue weighted by Crippen LogP contribution is 2.20. The second-order valence-electron chi connectivity index (χ2n) is 4.74. The smallest absolute Gasteiger partial charge is 0.0488 e. The number of nitrogens with zero attached hydrogens (tertiary/aromatic N) is 1. The molecule has 2 nitrogen and oxygen atoms in total. The van der Waals surface area contributed by atoms with Crippen LogP contribution in [0, 0.1) is 6.92 Å². The fraction of sp³-hybridized carbons (Fsp3) is 0.429. The van der Waals surface area contributed by atoms with E-state index in [2.05, 4.69) is 55.2 Å². The molecule has 0 unspecified atom stereocenters. The van der Waals surface area contributed by atoms with Crippen LogP contribution in [0.25, 0.3) is 10.9 Å². The van der Waals surface area contributed by atoms with Crippen molar-refractivity contribution in [3.05, 3.63) is 35.5 Å². The maximum absolute atomic E-state index is 3.45. The summed E-state index contributed by atoms with van der Waals surface area (Å²) in [6.45, 7) is 3.26. The first-order valence-corrected chi connectivity index (χ1v) is 5.89. The van der Waals surface area contributed by atoms with Gasteiger partial charge in [0.25, 0.3) is 0 Å². The fourth-order valence-corrected chi connectivity index (χ4v) is 2.15. The highest BCUT2D eigenvalue weighted by molar-refractivity contribution is 5.83. The Kier molecular flexibility index (Phi) is 3.30. The van der Waals surface area contributed by atoms with Crippen molar-refractivity contribution in [2.45, 2.75) is 19.8 Å². The minimum Gasteiger partial charge on any atom is -0.358 e. The fourth-order valence-electron chi connectivity index (χ4n) is 2.15. The lowest BCUT2D eigenvalue weighted by Gasteiger charge is -2.09. The average Bonchev–Trinajstić information content (AvgIpc) is 2.58. The number of hydrogen-bond donors (Lipinski definition) is 1. The minimum absolute atomic E-state index is 1.15. The molecule has 2 aromatic rings. The second kappa shape index (κ2) is 4.71. The van der Waals surface area contributed by atoms with E-state index in [9.17, 15) is 0 Å². The molecule has 1 aromatic heterocycles. The molecule has 0 saturated heterocycles. The van der Waals surface area contributed by atoms with Gasteiger partial charge in [-0.2, -0.15) is 0 Å². The molecule has 1 aromatic carbocycles. The zero-order chi connectivity index (χ0) is 11.5. The third-order valence-electron chi connectivity index (χ3n) is 2.93. The number of aryl methyl sites for hydroxylation is 2. The number of benzene rings is 1. The van der Waals surface area contributed by atoms with Crippen molar-refractivity contribution < 1.29 is 0 Å². The second-order valence-corrected chi connectivity index (χ2v) is 4.74. The zero-order valence-electron chi connectivity index (χ0n) is 10.4. The third kappa shape index (κ3) is 2.45. The van der Waals surface area contributed by atoms with Crippen LogP contribution in [0.15, 0.2) is 24.3 Å². The molecule has 0 fully saturated rings. The van der Waals surface area contributed by atoms with Crippen LogP contribution in [-0.2, 0) is 6.42 Å². The number of H-pyrrole nitrogens is 1. The summed E-state index contributed by atoms with van der Waals surface area (Å²) >= 11 is 0. The Morgan fingerprint density at radius 1 is 1.25 bits per heavy atom. The topological polar surface area (TPSA) is 19.0 Å². The molecule has 16 heavy (non-hydrogen) atoms. The van der Waals surface area contributed by atoms with E-state index in [1.165, 1.54) is 28.6 Å². The maximum Gasteiger partial charge on any atom is 0.0488 e. The van der Waals surface area contributed by atoms with Gasteiger partial charge in [0.1, 0.15) is 0 Å². The van der Waals surface area contributed by atoms with E-state index in [4.69, 9.17) is 0 Å². The van der Waals surface area contributed by atoms with Gasteiger partial charge in [0.15, 0.2) is 0 Å². The monoisotopic (exact) mass is 216 g/mol. The van der Waals surface area contributed by atoms with Crippen LogP contribution >= 0.6 is 0 Å². The number of para-hydroxylation sites is 1. The van der Waals surface area contributed by atoms with Crippen molar-refractivity contribution in [3.8, 4) is 0 Å². The van der Waals surface area contributed by atoms with E-state index in [1.807, 2.05) is 0 Å². The van der Waals surface area contributed by atoms with Crippen LogP contribution in [0.4, 0.5) is 0 Å². The third-order valence-corrected chi connectivity index (χ3v) is 2.93. The highest BCUT2D eigenvalue weighted by Gasteiger charge is 2.03. The van der Waals surface area contributed by atoms with Crippen molar-refractivity contribution in [3.63, 3.8) is 0 Å². The van der Waals surface area contributed by atoms with Crippen molar-refractivity contribution >= 4 is 10.9 Å². The predicted molar refractivity (Wildman–Crippen MR) is 69.9 cm³/mol. The van der Waals surface area contributed by atoms with E-state index in [-0.39, 0.29) is 0 Å². The molecule has 0 spiro atoms. The van der Waals surface area contributed by atoms with E-state index < -0.39 is 0 Å². The van der Waals surface area contributed by atoms with Gasteiger partial charge in [-0.15, -0.1) is 0 Å². The molecule has 0 aliphatic carbocycles. The molecule has 0 atom stereocenters. The summed E-state index contributed by atoms with van der Waals surface area (Å²) in [6.07, 6.45) is 2.36. The maximum atomic E-state index is 3.45. The molecule has 2 heteroatoms. The zero-order valence-corrected chi connectivity index (χ0v) is 10.4. The van der Waals surface area contributed by atoms with Gasteiger partial charge in [0, 0.05) is 11.2 Å². The van der Waals surface area contributed by atoms with Gasteiger partial charge in [-0.3, -0.25) is 0 Å². The molecular weight excluding hydrogens is 196 g/mol. The normalized spacial score (nSPS) is 11.5. The Hall–Kier alpha value is -1.28. The van der Waals surface area contributed by atoms with Crippen LogP contribution in [0.5, 0.6) is 0 Å². The lowest BCUT2D eigenvalue weighted by atomic mass is 10.1. The first-order valence-electron chi connectivity index (χ1n) is 5.89. The van der Waals surface area contributed by atoms with Crippen molar-refractivity contribution in [1.29, 1.82) is 0 Å². The average molecular weight is 216 g/mol.